The van der Waals surface area contributed by atoms with Crippen molar-refractivity contribution in [1.82, 2.24) is 15.6 Å². The van der Waals surface area contributed by atoms with Gasteiger partial charge in [-0.2, -0.15) is 9.67 Å². The van der Waals surface area contributed by atoms with Crippen molar-refractivity contribution in [1.29, 1.82) is 0 Å². The Bertz CT molecular complexity index is 1440. The van der Waals surface area contributed by atoms with E-state index in [4.69, 9.17) is 0 Å². The first kappa shape index (κ1) is 26.9. The largest absolute Gasteiger partial charge is 0.872 e. The van der Waals surface area contributed by atoms with Crippen LogP contribution in [0.3, 0.4) is 0 Å². The summed E-state index contributed by atoms with van der Waals surface area (Å²) in [6.07, 6.45) is 3.53. The molecule has 1 amide bonds. The average molecular weight is 526 g/mol. The molecule has 3 aromatic carbocycles. The van der Waals surface area contributed by atoms with Crippen molar-refractivity contribution in [2.24, 2.45) is 5.10 Å². The van der Waals surface area contributed by atoms with Crippen LogP contribution in [0.5, 0.6) is 5.75 Å². The van der Waals surface area contributed by atoms with Gasteiger partial charge in [0, 0.05) is 0 Å². The molecule has 0 bridgehead atoms. The number of hydrogen-bond donors (Lipinski definition) is 2. The first-order valence-electron chi connectivity index (χ1n) is 12.3. The van der Waals surface area contributed by atoms with Gasteiger partial charge < -0.3 is 5.11 Å². The SMILES string of the molecule is C=CCc1cccc(C=NNC(=O)CSc2n[nH]c(-c3ccc(C(C)(C)C)cc3)[n+]2-c2ccccc2)c1[O-]. The van der Waals surface area contributed by atoms with E-state index in [2.05, 4.69) is 72.3 Å². The fraction of sp³-hybridized carbons (Fsp3) is 0.200. The second-order valence-corrected chi connectivity index (χ2v) is 10.7. The van der Waals surface area contributed by atoms with Gasteiger partial charge in [0.05, 0.1) is 22.6 Å². The van der Waals surface area contributed by atoms with Crippen LogP contribution in [0.2, 0.25) is 0 Å². The van der Waals surface area contributed by atoms with Crippen LogP contribution in [-0.4, -0.2) is 28.1 Å². The number of amides is 1. The summed E-state index contributed by atoms with van der Waals surface area (Å²) >= 11 is 1.29. The zero-order valence-electron chi connectivity index (χ0n) is 21.8. The van der Waals surface area contributed by atoms with Crippen molar-refractivity contribution in [3.8, 4) is 22.8 Å². The van der Waals surface area contributed by atoms with Gasteiger partial charge >= 0.3 is 5.16 Å². The van der Waals surface area contributed by atoms with Crippen LogP contribution in [0.25, 0.3) is 17.1 Å². The Labute approximate surface area is 227 Å². The van der Waals surface area contributed by atoms with E-state index in [1.807, 2.05) is 34.9 Å². The molecule has 8 heteroatoms. The first-order valence-corrected chi connectivity index (χ1v) is 13.3. The van der Waals surface area contributed by atoms with Gasteiger partial charge in [0.2, 0.25) is 0 Å². The number of hydrogen-bond acceptors (Lipinski definition) is 5. The van der Waals surface area contributed by atoms with E-state index < -0.39 is 0 Å². The lowest BCUT2D eigenvalue weighted by molar-refractivity contribution is -0.625. The lowest BCUT2D eigenvalue weighted by Crippen LogP contribution is -2.34. The average Bonchev–Trinajstić information content (AvgIpc) is 3.34. The number of carbonyl (C=O) groups excluding carboxylic acids is 1. The fourth-order valence-corrected chi connectivity index (χ4v) is 4.65. The quantitative estimate of drug-likeness (QED) is 0.109. The van der Waals surface area contributed by atoms with E-state index >= 15 is 0 Å². The number of nitrogens with one attached hydrogen (secondary N) is 2. The molecule has 0 spiro atoms. The number of H-pyrrole nitrogens is 1. The van der Waals surface area contributed by atoms with Crippen LogP contribution in [0, 0.1) is 0 Å². The molecule has 0 radical (unpaired) electrons. The highest BCUT2D eigenvalue weighted by Crippen LogP contribution is 2.26. The normalized spacial score (nSPS) is 11.6. The van der Waals surface area contributed by atoms with E-state index in [0.29, 0.717) is 22.7 Å². The third-order valence-corrected chi connectivity index (χ3v) is 6.87. The minimum absolute atomic E-state index is 0.0580. The van der Waals surface area contributed by atoms with E-state index in [9.17, 15) is 9.90 Å². The molecule has 38 heavy (non-hydrogen) atoms. The molecule has 0 aliphatic carbocycles. The van der Waals surface area contributed by atoms with Gasteiger partial charge in [0.1, 0.15) is 5.69 Å². The maximum absolute atomic E-state index is 12.5. The van der Waals surface area contributed by atoms with Gasteiger partial charge in [-0.15, -0.1) is 11.7 Å². The number of benzene rings is 3. The fourth-order valence-electron chi connectivity index (χ4n) is 3.89. The number of aromatic amines is 1. The number of carbonyl (C=O) groups is 1. The summed E-state index contributed by atoms with van der Waals surface area (Å²) in [5.41, 5.74) is 6.77. The summed E-state index contributed by atoms with van der Waals surface area (Å²) < 4.78 is 2.00. The highest BCUT2D eigenvalue weighted by Gasteiger charge is 2.25. The number of thioether (sulfide) groups is 1. The highest BCUT2D eigenvalue weighted by atomic mass is 32.2. The molecule has 4 aromatic rings. The Morgan fingerprint density at radius 2 is 1.84 bits per heavy atom. The van der Waals surface area contributed by atoms with E-state index in [1.54, 1.807) is 24.3 Å². The van der Waals surface area contributed by atoms with E-state index in [0.717, 1.165) is 17.1 Å². The van der Waals surface area contributed by atoms with Crippen LogP contribution in [-0.2, 0) is 16.6 Å². The van der Waals surface area contributed by atoms with Crippen molar-refractivity contribution in [2.75, 3.05) is 5.75 Å². The highest BCUT2D eigenvalue weighted by molar-refractivity contribution is 7.99. The molecule has 0 atom stereocenters. The van der Waals surface area contributed by atoms with Crippen LogP contribution >= 0.6 is 11.8 Å². The predicted molar refractivity (Wildman–Crippen MR) is 151 cm³/mol. The molecule has 4 rings (SSSR count). The maximum atomic E-state index is 12.5. The van der Waals surface area contributed by atoms with Gasteiger partial charge in [-0.05, 0) is 59.0 Å². The Morgan fingerprint density at radius 1 is 1.11 bits per heavy atom. The van der Waals surface area contributed by atoms with E-state index in [1.165, 1.54) is 23.5 Å². The van der Waals surface area contributed by atoms with Gasteiger partial charge in [-0.3, -0.25) is 4.79 Å². The molecule has 7 nitrogen and oxygen atoms in total. The molecule has 0 aliphatic rings. The zero-order valence-corrected chi connectivity index (χ0v) is 22.6. The third kappa shape index (κ3) is 6.39. The smallest absolute Gasteiger partial charge is 0.342 e. The topological polar surface area (TPSA) is 97.1 Å². The summed E-state index contributed by atoms with van der Waals surface area (Å²) in [6, 6.07) is 23.5. The second kappa shape index (κ2) is 11.9. The molecule has 0 saturated heterocycles. The minimum Gasteiger partial charge on any atom is -0.872 e. The van der Waals surface area contributed by atoms with Gasteiger partial charge in [0.15, 0.2) is 0 Å². The lowest BCUT2D eigenvalue weighted by atomic mass is 9.87. The van der Waals surface area contributed by atoms with Crippen molar-refractivity contribution >= 4 is 23.9 Å². The maximum Gasteiger partial charge on any atom is 0.342 e. The molecule has 1 heterocycles. The van der Waals surface area contributed by atoms with Gasteiger partial charge in [-0.1, -0.05) is 86.7 Å². The molecular weight excluding hydrogens is 494 g/mol. The predicted octanol–water partition coefficient (Wildman–Crippen LogP) is 4.70. The minimum atomic E-state index is -0.306. The number of nitrogens with zero attached hydrogens (tertiary/aromatic N) is 3. The monoisotopic (exact) mass is 525 g/mol. The second-order valence-electron chi connectivity index (χ2n) is 9.76. The van der Waals surface area contributed by atoms with Crippen LogP contribution in [0.4, 0.5) is 0 Å². The van der Waals surface area contributed by atoms with Crippen LogP contribution < -0.4 is 15.1 Å². The van der Waals surface area contributed by atoms with Gasteiger partial charge in [-0.25, -0.2) is 5.43 Å². The Hall–Kier alpha value is -4.17. The van der Waals surface area contributed by atoms with Gasteiger partial charge in [0.25, 0.3) is 11.7 Å². The number of para-hydroxylation sites is 2. The van der Waals surface area contributed by atoms with E-state index in [-0.39, 0.29) is 22.8 Å². The van der Waals surface area contributed by atoms with Crippen molar-refractivity contribution < 1.29 is 14.5 Å². The van der Waals surface area contributed by atoms with Crippen molar-refractivity contribution in [3.63, 3.8) is 0 Å². The Balaban J connectivity index is 1.50. The molecular formula is C30H31N5O2S. The van der Waals surface area contributed by atoms with Crippen LogP contribution in [0.1, 0.15) is 37.5 Å². The van der Waals surface area contributed by atoms with Crippen LogP contribution in [0.15, 0.2) is 95.7 Å². The zero-order chi connectivity index (χ0) is 27.1. The molecule has 194 valence electrons. The first-order chi connectivity index (χ1) is 18.3. The summed E-state index contributed by atoms with van der Waals surface area (Å²) in [5, 5.41) is 24.7. The Morgan fingerprint density at radius 3 is 2.53 bits per heavy atom. The molecule has 1 aromatic heterocycles. The summed E-state index contributed by atoms with van der Waals surface area (Å²) in [4.78, 5) is 12.5. The third-order valence-electron chi connectivity index (χ3n) is 5.93. The summed E-state index contributed by atoms with van der Waals surface area (Å²) in [7, 11) is 0. The summed E-state index contributed by atoms with van der Waals surface area (Å²) in [6.45, 7) is 10.2. The molecule has 0 unspecified atom stereocenters. The van der Waals surface area contributed by atoms with Crippen molar-refractivity contribution in [2.45, 2.75) is 37.8 Å². The Kier molecular flexibility index (Phi) is 8.43. The number of rotatable bonds is 9. The standard InChI is InChI=1S/C30H31N5O2S/c1-5-10-21-11-9-12-23(27(21)37)19-31-32-26(36)20-38-29-34-33-28(35(29)25-13-7-6-8-14-25)22-15-17-24(18-16-22)30(2,3)4/h5-9,11-19H,1,10,20H2,2-4H3,(H2,31,32,36,37). The number of hydrazone groups is 1. The molecule has 0 fully saturated rings. The molecule has 0 saturated carbocycles. The van der Waals surface area contributed by atoms with Crippen molar-refractivity contribution in [3.05, 3.63) is 102 Å². The molecule has 2 N–H and O–H groups in total. The number of allylic oxidation sites excluding steroid dienone is 1. The summed E-state index contributed by atoms with van der Waals surface area (Å²) in [5.74, 6) is 0.487. The molecule has 0 aliphatic heterocycles. The number of aromatic nitrogens is 3. The lowest BCUT2D eigenvalue weighted by Gasteiger charge is -2.18.